The van der Waals surface area contributed by atoms with E-state index < -0.39 is 32.6 Å². The van der Waals surface area contributed by atoms with E-state index in [0.29, 0.717) is 5.06 Å². The highest BCUT2D eigenvalue weighted by molar-refractivity contribution is 7.93. The molecule has 2 aromatic carbocycles. The van der Waals surface area contributed by atoms with Gasteiger partial charge in [-0.1, -0.05) is 0 Å². The normalized spacial score (nSPS) is 15.5. The maximum Gasteiger partial charge on any atom is 0.573 e. The van der Waals surface area contributed by atoms with Crippen molar-refractivity contribution in [1.29, 1.82) is 0 Å². The van der Waals surface area contributed by atoms with Crippen LogP contribution in [0, 0.1) is 0 Å². The van der Waals surface area contributed by atoms with Gasteiger partial charge in [0.05, 0.1) is 18.0 Å². The average Bonchev–Trinajstić information content (AvgIpc) is 2.83. The van der Waals surface area contributed by atoms with Crippen LogP contribution in [-0.4, -0.2) is 69.1 Å². The molecule has 200 valence electrons. The van der Waals surface area contributed by atoms with Crippen LogP contribution < -0.4 is 14.8 Å². The van der Waals surface area contributed by atoms with Crippen LogP contribution in [0.3, 0.4) is 0 Å². The summed E-state index contributed by atoms with van der Waals surface area (Å²) in [6, 6.07) is 9.99. The smallest absolute Gasteiger partial charge is 0.457 e. The Kier molecular flexibility index (Phi) is 9.97. The van der Waals surface area contributed by atoms with E-state index in [4.69, 9.17) is 9.47 Å². The van der Waals surface area contributed by atoms with Crippen molar-refractivity contribution in [1.82, 2.24) is 10.4 Å². The molecule has 2 N–H and O–H groups in total. The molecule has 0 saturated carbocycles. The minimum absolute atomic E-state index is 0. The first-order valence-electron chi connectivity index (χ1n) is 10.6. The summed E-state index contributed by atoms with van der Waals surface area (Å²) < 4.78 is 76.4. The lowest BCUT2D eigenvalue weighted by atomic mass is 9.95. The Balaban J connectivity index is 0.00000456. The second kappa shape index (κ2) is 12.1. The molecule has 0 spiro atoms. The van der Waals surface area contributed by atoms with Crippen molar-refractivity contribution in [2.45, 2.75) is 28.8 Å². The molecular formula is C22H26ClF3N2O7S. The predicted octanol–water partition coefficient (Wildman–Crippen LogP) is 3.56. The second-order valence-corrected chi connectivity index (χ2v) is 10.0. The van der Waals surface area contributed by atoms with Gasteiger partial charge >= 0.3 is 6.36 Å². The number of carbonyl (C=O) groups excluding carboxylic acids is 1. The van der Waals surface area contributed by atoms with Crippen LogP contribution in [-0.2, 0) is 19.4 Å². The van der Waals surface area contributed by atoms with Crippen LogP contribution >= 0.6 is 12.4 Å². The lowest BCUT2D eigenvalue weighted by molar-refractivity contribution is -0.274. The lowest BCUT2D eigenvalue weighted by Crippen LogP contribution is -2.58. The number of hydroxylamine groups is 2. The number of amides is 1. The predicted molar refractivity (Wildman–Crippen MR) is 124 cm³/mol. The van der Waals surface area contributed by atoms with Gasteiger partial charge in [0.2, 0.25) is 0 Å². The molecule has 14 heteroatoms. The molecule has 3 rings (SSSR count). The molecule has 1 heterocycles. The van der Waals surface area contributed by atoms with Gasteiger partial charge in [0, 0.05) is 7.11 Å². The zero-order chi connectivity index (χ0) is 25.7. The summed E-state index contributed by atoms with van der Waals surface area (Å²) in [5, 5.41) is 13.6. The van der Waals surface area contributed by atoms with Crippen LogP contribution in [0.1, 0.15) is 12.8 Å². The fraction of sp³-hybridized carbons (Fsp3) is 0.409. The average molecular weight is 555 g/mol. The lowest BCUT2D eigenvalue weighted by Gasteiger charge is -2.37. The summed E-state index contributed by atoms with van der Waals surface area (Å²) in [5.74, 6) is -0.901. The van der Waals surface area contributed by atoms with Crippen molar-refractivity contribution in [3.63, 3.8) is 0 Å². The number of rotatable bonds is 9. The maximum atomic E-state index is 13.6. The molecule has 2 aromatic rings. The number of nitrogens with zero attached hydrogens (tertiary/aromatic N) is 1. The number of alkyl halides is 3. The summed E-state index contributed by atoms with van der Waals surface area (Å²) in [4.78, 5) is 12.9. The summed E-state index contributed by atoms with van der Waals surface area (Å²) in [5.41, 5.74) is 0. The van der Waals surface area contributed by atoms with E-state index >= 15 is 0 Å². The van der Waals surface area contributed by atoms with Crippen molar-refractivity contribution < 1.29 is 45.8 Å². The van der Waals surface area contributed by atoms with Gasteiger partial charge in [-0.05, 0) is 74.5 Å². The third-order valence-electron chi connectivity index (χ3n) is 5.48. The van der Waals surface area contributed by atoms with Crippen LogP contribution in [0.5, 0.6) is 17.2 Å². The van der Waals surface area contributed by atoms with Gasteiger partial charge in [-0.3, -0.25) is 10.0 Å². The Morgan fingerprint density at radius 2 is 1.53 bits per heavy atom. The van der Waals surface area contributed by atoms with Crippen LogP contribution in [0.25, 0.3) is 0 Å². The fourth-order valence-electron chi connectivity index (χ4n) is 3.70. The molecule has 1 fully saturated rings. The minimum atomic E-state index is -4.81. The molecule has 0 unspecified atom stereocenters. The highest BCUT2D eigenvalue weighted by Gasteiger charge is 2.53. The molecule has 0 aliphatic carbocycles. The maximum absolute atomic E-state index is 13.6. The number of nitrogens with one attached hydrogen (secondary N) is 1. The highest BCUT2D eigenvalue weighted by atomic mass is 35.5. The van der Waals surface area contributed by atoms with E-state index in [-0.39, 0.29) is 67.9 Å². The van der Waals surface area contributed by atoms with E-state index in [1.165, 1.54) is 43.5 Å². The first-order chi connectivity index (χ1) is 16.5. The van der Waals surface area contributed by atoms with Gasteiger partial charge in [-0.25, -0.2) is 13.5 Å². The molecule has 0 bridgehead atoms. The van der Waals surface area contributed by atoms with E-state index in [9.17, 15) is 31.6 Å². The summed E-state index contributed by atoms with van der Waals surface area (Å²) in [7, 11) is -2.82. The third kappa shape index (κ3) is 6.79. The molecule has 9 nitrogen and oxygen atoms in total. The molecule has 1 amide bonds. The van der Waals surface area contributed by atoms with E-state index in [2.05, 4.69) is 10.1 Å². The molecule has 1 aliphatic heterocycles. The summed E-state index contributed by atoms with van der Waals surface area (Å²) >= 11 is 0. The summed E-state index contributed by atoms with van der Waals surface area (Å²) in [6.45, 7) is 0.405. The standard InChI is InChI=1S/C22H25F3N2O7S.ClH/c1-32-15-14-27(29)20(28)21(10-12-26-13-11-21)35(30,31)19-8-6-17(7-9-19)33-16-2-4-18(5-3-16)34-22(23,24)25;/h2-9,26,29H,10-15H2,1H3;1H. The SMILES string of the molecule is COCCN(O)C(=O)C1(S(=O)(=O)c2ccc(Oc3ccc(OC(F)(F)F)cc3)cc2)CCNCC1.Cl. The molecule has 36 heavy (non-hydrogen) atoms. The number of methoxy groups -OCH3 is 1. The van der Waals surface area contributed by atoms with E-state index in [0.717, 1.165) is 12.1 Å². The monoisotopic (exact) mass is 554 g/mol. The zero-order valence-corrected chi connectivity index (χ0v) is 20.8. The van der Waals surface area contributed by atoms with Gasteiger partial charge in [0.1, 0.15) is 17.2 Å². The van der Waals surface area contributed by atoms with E-state index in [1.807, 2.05) is 0 Å². The molecule has 1 saturated heterocycles. The van der Waals surface area contributed by atoms with Crippen molar-refractivity contribution in [3.8, 4) is 17.2 Å². The number of hydrogen-bond acceptors (Lipinski definition) is 8. The number of sulfone groups is 1. The Hall–Kier alpha value is -2.58. The van der Waals surface area contributed by atoms with Gasteiger partial charge in [0.25, 0.3) is 5.91 Å². The first kappa shape index (κ1) is 29.6. The Labute approximate surface area is 212 Å². The van der Waals surface area contributed by atoms with Crippen molar-refractivity contribution in [2.24, 2.45) is 0 Å². The number of benzene rings is 2. The molecule has 0 radical (unpaired) electrons. The van der Waals surface area contributed by atoms with Crippen molar-refractivity contribution in [2.75, 3.05) is 33.4 Å². The Morgan fingerprint density at radius 3 is 2.03 bits per heavy atom. The van der Waals surface area contributed by atoms with Crippen LogP contribution in [0.4, 0.5) is 13.2 Å². The Bertz CT molecular complexity index is 1110. The minimum Gasteiger partial charge on any atom is -0.457 e. The molecule has 0 aromatic heterocycles. The second-order valence-electron chi connectivity index (χ2n) is 7.76. The van der Waals surface area contributed by atoms with Gasteiger partial charge < -0.3 is 19.5 Å². The van der Waals surface area contributed by atoms with Gasteiger partial charge in [-0.2, -0.15) is 0 Å². The Morgan fingerprint density at radius 1 is 1.03 bits per heavy atom. The van der Waals surface area contributed by atoms with Crippen LogP contribution in [0.2, 0.25) is 0 Å². The summed E-state index contributed by atoms with van der Waals surface area (Å²) in [6.07, 6.45) is -4.86. The quantitative estimate of drug-likeness (QED) is 0.357. The number of ether oxygens (including phenoxy) is 3. The number of hydrogen-bond donors (Lipinski definition) is 2. The topological polar surface area (TPSA) is 114 Å². The van der Waals surface area contributed by atoms with Gasteiger partial charge in [0.15, 0.2) is 14.6 Å². The first-order valence-corrected chi connectivity index (χ1v) is 12.1. The number of halogens is 4. The van der Waals surface area contributed by atoms with Crippen molar-refractivity contribution >= 4 is 28.2 Å². The molecular weight excluding hydrogens is 529 g/mol. The fourth-order valence-corrected chi connectivity index (χ4v) is 5.72. The highest BCUT2D eigenvalue weighted by Crippen LogP contribution is 2.36. The number of carbonyl (C=O) groups is 1. The van der Waals surface area contributed by atoms with E-state index in [1.54, 1.807) is 0 Å². The number of piperidine rings is 1. The molecule has 0 atom stereocenters. The van der Waals surface area contributed by atoms with Crippen molar-refractivity contribution in [3.05, 3.63) is 48.5 Å². The third-order valence-corrected chi connectivity index (χ3v) is 7.99. The van der Waals surface area contributed by atoms with Crippen LogP contribution in [0.15, 0.2) is 53.4 Å². The zero-order valence-electron chi connectivity index (χ0n) is 19.2. The van der Waals surface area contributed by atoms with Gasteiger partial charge in [-0.15, -0.1) is 25.6 Å². The molecule has 1 aliphatic rings. The largest absolute Gasteiger partial charge is 0.573 e.